The zero-order valence-corrected chi connectivity index (χ0v) is 12.2. The number of fused-ring (bicyclic) bond motifs is 1. The van der Waals surface area contributed by atoms with Crippen LogP contribution in [-0.4, -0.2) is 34.5 Å². The van der Waals surface area contributed by atoms with Gasteiger partial charge in [0.25, 0.3) is 0 Å². The van der Waals surface area contributed by atoms with Crippen LogP contribution in [-0.2, 0) is 0 Å². The number of aromatic nitrogens is 2. The summed E-state index contributed by atoms with van der Waals surface area (Å²) in [5, 5.41) is 7.34. The number of benzene rings is 1. The molecule has 4 N–H and O–H groups in total. The Balaban J connectivity index is 0.000001000. The standard InChI is InChI=1S/C13H15N5.ClH.H2O/c1-8-3-4-11-10(7-8)9(2)16-13(17-11)18-12-14-5-6-15-12;;/h3-4,7H,5-6H2,1-2H3,(H2,14,15,16,17,18);1H;1H2. The molecule has 0 aliphatic carbocycles. The number of aryl methyl sites for hydroxylation is 2. The van der Waals surface area contributed by atoms with Gasteiger partial charge in [0.1, 0.15) is 0 Å². The van der Waals surface area contributed by atoms with Gasteiger partial charge in [-0.1, -0.05) is 11.6 Å². The number of nitrogens with one attached hydrogen (secondary N) is 2. The summed E-state index contributed by atoms with van der Waals surface area (Å²) in [4.78, 5) is 13.2. The maximum Gasteiger partial charge on any atom is 0.230 e. The van der Waals surface area contributed by atoms with Crippen LogP contribution in [0.5, 0.6) is 0 Å². The van der Waals surface area contributed by atoms with E-state index in [1.807, 2.05) is 13.0 Å². The third kappa shape index (κ3) is 3.15. The van der Waals surface area contributed by atoms with E-state index in [2.05, 4.69) is 44.7 Å². The highest BCUT2D eigenvalue weighted by atomic mass is 35.5. The average molecular weight is 296 g/mol. The molecular formula is C13H18ClN5O. The third-order valence-corrected chi connectivity index (χ3v) is 2.95. The number of halogens is 1. The lowest BCUT2D eigenvalue weighted by Gasteiger charge is -2.08. The largest absolute Gasteiger partial charge is 0.412 e. The van der Waals surface area contributed by atoms with E-state index in [4.69, 9.17) is 0 Å². The minimum Gasteiger partial charge on any atom is -0.412 e. The normalized spacial score (nSPS) is 13.0. The Kier molecular flexibility index (Phi) is 5.24. The first-order valence-electron chi connectivity index (χ1n) is 6.03. The first-order valence-corrected chi connectivity index (χ1v) is 6.03. The molecule has 1 aromatic carbocycles. The quantitative estimate of drug-likeness (QED) is 0.827. The molecule has 0 atom stereocenters. The summed E-state index contributed by atoms with van der Waals surface area (Å²) in [5.74, 6) is 1.35. The molecule has 1 aliphatic heterocycles. The molecule has 0 saturated carbocycles. The van der Waals surface area contributed by atoms with Gasteiger partial charge in [-0.15, -0.1) is 12.4 Å². The highest BCUT2D eigenvalue weighted by Crippen LogP contribution is 2.18. The zero-order chi connectivity index (χ0) is 12.5. The summed E-state index contributed by atoms with van der Waals surface area (Å²) in [6, 6.07) is 6.19. The molecule has 2 heterocycles. The lowest BCUT2D eigenvalue weighted by molar-refractivity contribution is 0.824. The smallest absolute Gasteiger partial charge is 0.230 e. The second-order valence-electron chi connectivity index (χ2n) is 4.44. The van der Waals surface area contributed by atoms with Gasteiger partial charge < -0.3 is 10.8 Å². The third-order valence-electron chi connectivity index (χ3n) is 2.95. The van der Waals surface area contributed by atoms with Crippen molar-refractivity contribution in [2.75, 3.05) is 18.4 Å². The van der Waals surface area contributed by atoms with Crippen LogP contribution in [0.3, 0.4) is 0 Å². The highest BCUT2D eigenvalue weighted by molar-refractivity contribution is 5.94. The predicted octanol–water partition coefficient (Wildman–Crippen LogP) is 1.21. The predicted molar refractivity (Wildman–Crippen MR) is 83.8 cm³/mol. The van der Waals surface area contributed by atoms with Gasteiger partial charge in [0.2, 0.25) is 5.95 Å². The van der Waals surface area contributed by atoms with Crippen molar-refractivity contribution in [3.05, 3.63) is 29.5 Å². The molecule has 0 saturated heterocycles. The van der Waals surface area contributed by atoms with Crippen molar-refractivity contribution in [3.8, 4) is 0 Å². The van der Waals surface area contributed by atoms with Crippen molar-refractivity contribution in [1.82, 2.24) is 15.3 Å². The Morgan fingerprint density at radius 2 is 2.00 bits per heavy atom. The number of aliphatic imine (C=N–C) groups is 1. The minimum atomic E-state index is 0. The van der Waals surface area contributed by atoms with Gasteiger partial charge in [-0.25, -0.2) is 9.97 Å². The average Bonchev–Trinajstić information content (AvgIpc) is 2.83. The Hall–Kier alpha value is -1.92. The molecule has 3 rings (SSSR count). The van der Waals surface area contributed by atoms with E-state index in [9.17, 15) is 0 Å². The maximum absolute atomic E-state index is 4.50. The molecule has 2 aromatic rings. The molecule has 1 aromatic heterocycles. The molecule has 0 bridgehead atoms. The molecule has 0 unspecified atom stereocenters. The Bertz CT molecular complexity index is 644. The molecule has 7 heteroatoms. The Labute approximate surface area is 123 Å². The number of anilines is 1. The fraction of sp³-hybridized carbons (Fsp3) is 0.308. The van der Waals surface area contributed by atoms with Crippen molar-refractivity contribution < 1.29 is 5.48 Å². The number of guanidine groups is 1. The lowest BCUT2D eigenvalue weighted by atomic mass is 10.1. The van der Waals surface area contributed by atoms with Gasteiger partial charge in [0.15, 0.2) is 5.96 Å². The van der Waals surface area contributed by atoms with E-state index in [1.54, 1.807) is 0 Å². The van der Waals surface area contributed by atoms with Gasteiger partial charge in [0.05, 0.1) is 17.8 Å². The van der Waals surface area contributed by atoms with Crippen molar-refractivity contribution in [2.45, 2.75) is 13.8 Å². The van der Waals surface area contributed by atoms with Gasteiger partial charge in [-0.05, 0) is 26.0 Å². The fourth-order valence-electron chi connectivity index (χ4n) is 2.04. The number of hydrogen-bond acceptors (Lipinski definition) is 5. The van der Waals surface area contributed by atoms with E-state index in [0.29, 0.717) is 5.95 Å². The van der Waals surface area contributed by atoms with E-state index >= 15 is 0 Å². The van der Waals surface area contributed by atoms with Gasteiger partial charge in [0, 0.05) is 11.9 Å². The molecule has 0 radical (unpaired) electrons. The lowest BCUT2D eigenvalue weighted by Crippen LogP contribution is -2.27. The summed E-state index contributed by atoms with van der Waals surface area (Å²) < 4.78 is 0. The molecular weight excluding hydrogens is 278 g/mol. The molecule has 6 nitrogen and oxygen atoms in total. The first kappa shape index (κ1) is 16.1. The number of hydrogen-bond donors (Lipinski definition) is 2. The number of rotatable bonds is 1. The van der Waals surface area contributed by atoms with E-state index < -0.39 is 0 Å². The summed E-state index contributed by atoms with van der Waals surface area (Å²) in [7, 11) is 0. The first-order chi connectivity index (χ1) is 8.72. The minimum absolute atomic E-state index is 0. The molecule has 1 aliphatic rings. The topological polar surface area (TPSA) is 93.7 Å². The van der Waals surface area contributed by atoms with Crippen LogP contribution in [0.2, 0.25) is 0 Å². The van der Waals surface area contributed by atoms with Crippen LogP contribution >= 0.6 is 12.4 Å². The Morgan fingerprint density at radius 3 is 2.70 bits per heavy atom. The van der Waals surface area contributed by atoms with E-state index in [-0.39, 0.29) is 17.9 Å². The fourth-order valence-corrected chi connectivity index (χ4v) is 2.04. The van der Waals surface area contributed by atoms with Crippen LogP contribution in [0.1, 0.15) is 11.3 Å². The van der Waals surface area contributed by atoms with Gasteiger partial charge >= 0.3 is 0 Å². The van der Waals surface area contributed by atoms with Crippen LogP contribution in [0.15, 0.2) is 23.2 Å². The molecule has 20 heavy (non-hydrogen) atoms. The summed E-state index contributed by atoms with van der Waals surface area (Å²) in [6.45, 7) is 5.74. The van der Waals surface area contributed by atoms with Crippen molar-refractivity contribution in [3.63, 3.8) is 0 Å². The van der Waals surface area contributed by atoms with Crippen LogP contribution in [0.4, 0.5) is 5.95 Å². The summed E-state index contributed by atoms with van der Waals surface area (Å²) in [6.07, 6.45) is 0. The van der Waals surface area contributed by atoms with Gasteiger partial charge in [-0.2, -0.15) is 0 Å². The zero-order valence-electron chi connectivity index (χ0n) is 11.4. The van der Waals surface area contributed by atoms with Crippen molar-refractivity contribution in [2.24, 2.45) is 4.99 Å². The van der Waals surface area contributed by atoms with E-state index in [1.165, 1.54) is 5.56 Å². The summed E-state index contributed by atoms with van der Waals surface area (Å²) in [5.41, 5.74) is 3.15. The maximum atomic E-state index is 4.50. The molecule has 0 amide bonds. The van der Waals surface area contributed by atoms with Gasteiger partial charge in [-0.3, -0.25) is 10.3 Å². The highest BCUT2D eigenvalue weighted by Gasteiger charge is 2.09. The second kappa shape index (κ2) is 6.49. The van der Waals surface area contributed by atoms with Crippen LogP contribution < -0.4 is 10.6 Å². The SMILES string of the molecule is Cc1ccc2nc(NC3=NCCN3)nc(C)c2c1.Cl.O. The van der Waals surface area contributed by atoms with Crippen molar-refractivity contribution in [1.29, 1.82) is 0 Å². The number of nitrogens with zero attached hydrogens (tertiary/aromatic N) is 3. The Morgan fingerprint density at radius 1 is 1.20 bits per heavy atom. The van der Waals surface area contributed by atoms with E-state index in [0.717, 1.165) is 35.6 Å². The van der Waals surface area contributed by atoms with Crippen LogP contribution in [0.25, 0.3) is 10.9 Å². The van der Waals surface area contributed by atoms with Crippen LogP contribution in [0, 0.1) is 13.8 Å². The molecule has 0 spiro atoms. The molecule has 108 valence electrons. The summed E-state index contributed by atoms with van der Waals surface area (Å²) >= 11 is 0. The monoisotopic (exact) mass is 295 g/mol. The van der Waals surface area contributed by atoms with Crippen molar-refractivity contribution >= 4 is 35.2 Å². The second-order valence-corrected chi connectivity index (χ2v) is 4.44. The molecule has 0 fully saturated rings.